The van der Waals surface area contributed by atoms with Crippen molar-refractivity contribution < 1.29 is 14.3 Å². The molecule has 0 aromatic carbocycles. The molecule has 1 saturated carbocycles. The number of anilines is 1. The summed E-state index contributed by atoms with van der Waals surface area (Å²) in [6, 6.07) is 1.41. The van der Waals surface area contributed by atoms with Gasteiger partial charge in [-0.3, -0.25) is 0 Å². The summed E-state index contributed by atoms with van der Waals surface area (Å²) in [5.74, 6) is -1.07. The molecule has 0 amide bonds. The lowest BCUT2D eigenvalue weighted by Gasteiger charge is -2.26. The first-order valence-corrected chi connectivity index (χ1v) is 6.23. The molecule has 18 heavy (non-hydrogen) atoms. The van der Waals surface area contributed by atoms with Crippen molar-refractivity contribution in [2.75, 3.05) is 5.32 Å². The molecule has 98 valence electrons. The molecule has 0 aliphatic heterocycles. The largest absolute Gasteiger partial charge is 0.478 e. The van der Waals surface area contributed by atoms with Crippen molar-refractivity contribution in [3.63, 3.8) is 0 Å². The Morgan fingerprint density at radius 1 is 1.56 bits per heavy atom. The van der Waals surface area contributed by atoms with E-state index in [0.29, 0.717) is 18.5 Å². The van der Waals surface area contributed by atoms with Crippen LogP contribution < -0.4 is 5.32 Å². The third-order valence-electron chi connectivity index (χ3n) is 3.07. The summed E-state index contributed by atoms with van der Waals surface area (Å²) in [7, 11) is 0. The molecule has 2 atom stereocenters. The van der Waals surface area contributed by atoms with Gasteiger partial charge in [0.05, 0.1) is 5.69 Å². The third-order valence-corrected chi connectivity index (χ3v) is 3.28. The van der Waals surface area contributed by atoms with Crippen molar-refractivity contribution in [3.8, 4) is 0 Å². The van der Waals surface area contributed by atoms with Crippen LogP contribution in [0, 0.1) is 0 Å². The third kappa shape index (κ3) is 3.10. The summed E-state index contributed by atoms with van der Waals surface area (Å²) < 4.78 is 13.3. The molecule has 4 nitrogen and oxygen atoms in total. The Morgan fingerprint density at radius 2 is 2.33 bits per heavy atom. The van der Waals surface area contributed by atoms with Gasteiger partial charge < -0.3 is 10.4 Å². The lowest BCUT2D eigenvalue weighted by atomic mass is 9.93. The van der Waals surface area contributed by atoms with E-state index in [0.717, 1.165) is 12.8 Å². The molecule has 1 aromatic heterocycles. The molecule has 0 bridgehead atoms. The minimum atomic E-state index is -1.07. The normalized spacial score (nSPS) is 23.7. The second-order valence-corrected chi connectivity index (χ2v) is 4.85. The molecule has 1 aromatic rings. The highest BCUT2D eigenvalue weighted by atomic mass is 35.5. The van der Waals surface area contributed by atoms with Gasteiger partial charge in [0.15, 0.2) is 0 Å². The second kappa shape index (κ2) is 5.52. The monoisotopic (exact) mass is 272 g/mol. The van der Waals surface area contributed by atoms with E-state index >= 15 is 0 Å². The molecule has 1 aliphatic carbocycles. The van der Waals surface area contributed by atoms with Crippen LogP contribution in [0.15, 0.2) is 12.3 Å². The number of nitrogens with one attached hydrogen (secondary N) is 1. The number of hydrogen-bond donors (Lipinski definition) is 2. The van der Waals surface area contributed by atoms with E-state index in [1.54, 1.807) is 0 Å². The SMILES string of the molecule is O=C(O)c1cnc(Cl)cc1N[C@H]1CCCC(F)C1. The van der Waals surface area contributed by atoms with Crippen molar-refractivity contribution in [3.05, 3.63) is 23.0 Å². The molecular formula is C12H14ClFN2O2. The molecule has 1 fully saturated rings. The number of carboxylic acid groups (broad SMARTS) is 1. The van der Waals surface area contributed by atoms with E-state index in [9.17, 15) is 9.18 Å². The lowest BCUT2D eigenvalue weighted by Crippen LogP contribution is -2.28. The lowest BCUT2D eigenvalue weighted by molar-refractivity contribution is 0.0697. The smallest absolute Gasteiger partial charge is 0.339 e. The molecule has 2 N–H and O–H groups in total. The maximum Gasteiger partial charge on any atom is 0.339 e. The molecule has 6 heteroatoms. The van der Waals surface area contributed by atoms with Crippen LogP contribution >= 0.6 is 11.6 Å². The first-order valence-electron chi connectivity index (χ1n) is 5.85. The van der Waals surface area contributed by atoms with Crippen LogP contribution in [0.4, 0.5) is 10.1 Å². The quantitative estimate of drug-likeness (QED) is 0.830. The summed E-state index contributed by atoms with van der Waals surface area (Å²) in [6.07, 6.45) is 3.02. The number of rotatable bonds is 3. The maximum absolute atomic E-state index is 13.3. The molecule has 1 heterocycles. The Morgan fingerprint density at radius 3 is 3.00 bits per heavy atom. The molecule has 1 unspecified atom stereocenters. The predicted octanol–water partition coefficient (Wildman–Crippen LogP) is 3.13. The molecule has 0 saturated heterocycles. The van der Waals surface area contributed by atoms with Crippen LogP contribution in [0.5, 0.6) is 0 Å². The first-order chi connectivity index (χ1) is 8.56. The fraction of sp³-hybridized carbons (Fsp3) is 0.500. The summed E-state index contributed by atoms with van der Waals surface area (Å²) in [5, 5.41) is 12.3. The van der Waals surface area contributed by atoms with Gasteiger partial charge in [-0.15, -0.1) is 0 Å². The zero-order valence-electron chi connectivity index (χ0n) is 9.70. The average molecular weight is 273 g/mol. The topological polar surface area (TPSA) is 62.2 Å². The van der Waals surface area contributed by atoms with Crippen LogP contribution in [-0.4, -0.2) is 28.3 Å². The summed E-state index contributed by atoms with van der Waals surface area (Å²) in [6.45, 7) is 0. The molecule has 1 aliphatic rings. The van der Waals surface area contributed by atoms with Crippen molar-refractivity contribution in [1.29, 1.82) is 0 Å². The number of nitrogens with zero attached hydrogens (tertiary/aromatic N) is 1. The van der Waals surface area contributed by atoms with Gasteiger partial charge in [-0.25, -0.2) is 14.2 Å². The number of carboxylic acids is 1. The minimum absolute atomic E-state index is 0.0506. The Kier molecular flexibility index (Phi) is 4.01. The van der Waals surface area contributed by atoms with Crippen molar-refractivity contribution in [2.24, 2.45) is 0 Å². The summed E-state index contributed by atoms with van der Waals surface area (Å²) in [5.41, 5.74) is 0.460. The van der Waals surface area contributed by atoms with Gasteiger partial charge in [0.1, 0.15) is 16.9 Å². The number of carbonyl (C=O) groups is 1. The molecular weight excluding hydrogens is 259 g/mol. The van der Waals surface area contributed by atoms with E-state index in [1.807, 2.05) is 0 Å². The predicted molar refractivity (Wildman–Crippen MR) is 67.0 cm³/mol. The number of alkyl halides is 1. The number of halogens is 2. The van der Waals surface area contributed by atoms with E-state index in [1.165, 1.54) is 12.3 Å². The van der Waals surface area contributed by atoms with Crippen molar-refractivity contribution in [1.82, 2.24) is 4.98 Å². The number of aromatic carboxylic acids is 1. The summed E-state index contributed by atoms with van der Waals surface area (Å²) >= 11 is 5.75. The Bertz CT molecular complexity index is 456. The Hall–Kier alpha value is -1.36. The van der Waals surface area contributed by atoms with Gasteiger partial charge in [0.25, 0.3) is 0 Å². The number of pyridine rings is 1. The zero-order valence-corrected chi connectivity index (χ0v) is 10.5. The number of hydrogen-bond acceptors (Lipinski definition) is 3. The van der Waals surface area contributed by atoms with Crippen LogP contribution in [0.2, 0.25) is 5.15 Å². The Labute approximate surface area is 109 Å². The van der Waals surface area contributed by atoms with Crippen LogP contribution in [0.1, 0.15) is 36.0 Å². The van der Waals surface area contributed by atoms with Gasteiger partial charge >= 0.3 is 5.97 Å². The Balaban J connectivity index is 2.16. The van der Waals surface area contributed by atoms with Gasteiger partial charge in [-0.2, -0.15) is 0 Å². The van der Waals surface area contributed by atoms with Gasteiger partial charge in [-0.1, -0.05) is 11.6 Å². The minimum Gasteiger partial charge on any atom is -0.478 e. The highest BCUT2D eigenvalue weighted by molar-refractivity contribution is 6.29. The van der Waals surface area contributed by atoms with Crippen LogP contribution in [0.25, 0.3) is 0 Å². The van der Waals surface area contributed by atoms with Gasteiger partial charge in [0, 0.05) is 12.2 Å². The average Bonchev–Trinajstić information content (AvgIpc) is 2.28. The van der Waals surface area contributed by atoms with Gasteiger partial charge in [0.2, 0.25) is 0 Å². The standard InChI is InChI=1S/C12H14ClFN2O2/c13-11-5-10(9(6-15-11)12(17)18)16-8-3-1-2-7(14)4-8/h5-8H,1-4H2,(H,15,16)(H,17,18)/t7?,8-/m0/s1. The highest BCUT2D eigenvalue weighted by Gasteiger charge is 2.23. The fourth-order valence-corrected chi connectivity index (χ4v) is 2.36. The second-order valence-electron chi connectivity index (χ2n) is 4.46. The number of aromatic nitrogens is 1. The zero-order chi connectivity index (χ0) is 13.1. The molecule has 2 rings (SSSR count). The van der Waals surface area contributed by atoms with Crippen molar-refractivity contribution >= 4 is 23.3 Å². The highest BCUT2D eigenvalue weighted by Crippen LogP contribution is 2.26. The van der Waals surface area contributed by atoms with E-state index < -0.39 is 12.1 Å². The van der Waals surface area contributed by atoms with Crippen LogP contribution in [-0.2, 0) is 0 Å². The van der Waals surface area contributed by atoms with Crippen molar-refractivity contribution in [2.45, 2.75) is 37.9 Å². The maximum atomic E-state index is 13.3. The van der Waals surface area contributed by atoms with E-state index in [-0.39, 0.29) is 16.8 Å². The molecule has 0 radical (unpaired) electrons. The molecule has 0 spiro atoms. The van der Waals surface area contributed by atoms with E-state index in [2.05, 4.69) is 10.3 Å². The summed E-state index contributed by atoms with van der Waals surface area (Å²) in [4.78, 5) is 14.8. The van der Waals surface area contributed by atoms with E-state index in [4.69, 9.17) is 16.7 Å². The van der Waals surface area contributed by atoms with Crippen LogP contribution in [0.3, 0.4) is 0 Å². The first kappa shape index (κ1) is 13.1. The fourth-order valence-electron chi connectivity index (χ4n) is 2.20. The van der Waals surface area contributed by atoms with Gasteiger partial charge in [-0.05, 0) is 31.7 Å².